The second kappa shape index (κ2) is 4.55. The van der Waals surface area contributed by atoms with E-state index in [4.69, 9.17) is 11.6 Å². The zero-order valence-electron chi connectivity index (χ0n) is 8.56. The van der Waals surface area contributed by atoms with Gasteiger partial charge in [-0.25, -0.2) is 8.42 Å². The minimum absolute atomic E-state index is 0.219. The number of hydrogen-bond donors (Lipinski definition) is 1. The summed E-state index contributed by atoms with van der Waals surface area (Å²) in [5.74, 6) is 0.219. The molecule has 5 nitrogen and oxygen atoms in total. The molecule has 0 unspecified atom stereocenters. The van der Waals surface area contributed by atoms with Gasteiger partial charge in [0.15, 0.2) is 11.0 Å². The van der Waals surface area contributed by atoms with Gasteiger partial charge in [-0.05, 0) is 25.0 Å². The van der Waals surface area contributed by atoms with Crippen molar-refractivity contribution in [1.82, 2.24) is 10.2 Å². The van der Waals surface area contributed by atoms with E-state index in [1.165, 1.54) is 12.1 Å². The van der Waals surface area contributed by atoms with Crippen LogP contribution in [0.2, 0.25) is 5.15 Å². The molecule has 0 aromatic carbocycles. The van der Waals surface area contributed by atoms with Crippen LogP contribution in [-0.4, -0.2) is 23.9 Å². The molecule has 1 N–H and O–H groups in total. The highest BCUT2D eigenvalue weighted by molar-refractivity contribution is 7.93. The van der Waals surface area contributed by atoms with E-state index in [1.807, 2.05) is 0 Å². The molecule has 1 aliphatic carbocycles. The number of nitrogens with one attached hydrogen (secondary N) is 1. The van der Waals surface area contributed by atoms with Gasteiger partial charge in [-0.3, -0.25) is 4.72 Å². The van der Waals surface area contributed by atoms with Crippen LogP contribution in [0.1, 0.15) is 25.7 Å². The van der Waals surface area contributed by atoms with Gasteiger partial charge in [0.2, 0.25) is 10.0 Å². The van der Waals surface area contributed by atoms with Crippen LogP contribution in [0.5, 0.6) is 0 Å². The van der Waals surface area contributed by atoms with Crippen molar-refractivity contribution in [2.45, 2.75) is 30.9 Å². The Labute approximate surface area is 99.3 Å². The Bertz CT molecular complexity index is 454. The van der Waals surface area contributed by atoms with Crippen LogP contribution in [-0.2, 0) is 10.0 Å². The number of hydrogen-bond acceptors (Lipinski definition) is 4. The van der Waals surface area contributed by atoms with Crippen LogP contribution in [0.3, 0.4) is 0 Å². The predicted molar refractivity (Wildman–Crippen MR) is 61.8 cm³/mol. The van der Waals surface area contributed by atoms with Crippen molar-refractivity contribution in [3.63, 3.8) is 0 Å². The summed E-state index contributed by atoms with van der Waals surface area (Å²) in [6.45, 7) is 0. The summed E-state index contributed by atoms with van der Waals surface area (Å²) >= 11 is 5.56. The summed E-state index contributed by atoms with van der Waals surface area (Å²) in [6, 6.07) is 3.00. The summed E-state index contributed by atoms with van der Waals surface area (Å²) in [5.41, 5.74) is 0. The lowest BCUT2D eigenvalue weighted by atomic mass is 10.4. The third kappa shape index (κ3) is 2.62. The lowest BCUT2D eigenvalue weighted by Gasteiger charge is -2.11. The molecule has 1 saturated carbocycles. The molecule has 1 aromatic heterocycles. The molecule has 1 aliphatic rings. The second-order valence-electron chi connectivity index (χ2n) is 3.79. The number of anilines is 1. The highest BCUT2D eigenvalue weighted by atomic mass is 35.5. The second-order valence-corrected chi connectivity index (χ2v) is 6.14. The number of halogens is 1. The van der Waals surface area contributed by atoms with Crippen LogP contribution in [0.15, 0.2) is 12.1 Å². The van der Waals surface area contributed by atoms with Gasteiger partial charge < -0.3 is 0 Å². The van der Waals surface area contributed by atoms with Crippen molar-refractivity contribution in [1.29, 1.82) is 0 Å². The van der Waals surface area contributed by atoms with E-state index in [0.717, 1.165) is 25.7 Å². The lowest BCUT2D eigenvalue weighted by molar-refractivity contribution is 0.585. The van der Waals surface area contributed by atoms with E-state index in [2.05, 4.69) is 14.9 Å². The molecule has 0 atom stereocenters. The molecule has 0 bridgehead atoms. The molecule has 2 rings (SSSR count). The summed E-state index contributed by atoms with van der Waals surface area (Å²) < 4.78 is 26.2. The first-order valence-electron chi connectivity index (χ1n) is 5.09. The Morgan fingerprint density at radius 2 is 1.94 bits per heavy atom. The maximum Gasteiger partial charge on any atom is 0.236 e. The molecular formula is C9H12ClN3O2S. The van der Waals surface area contributed by atoms with E-state index in [0.29, 0.717) is 0 Å². The van der Waals surface area contributed by atoms with Gasteiger partial charge in [-0.1, -0.05) is 24.4 Å². The van der Waals surface area contributed by atoms with Gasteiger partial charge in [0.1, 0.15) is 0 Å². The van der Waals surface area contributed by atoms with Crippen LogP contribution in [0.25, 0.3) is 0 Å². The first-order valence-corrected chi connectivity index (χ1v) is 7.01. The fourth-order valence-electron chi connectivity index (χ4n) is 1.80. The third-order valence-electron chi connectivity index (χ3n) is 2.62. The van der Waals surface area contributed by atoms with Crippen LogP contribution in [0.4, 0.5) is 5.82 Å². The fourth-order valence-corrected chi connectivity index (χ4v) is 3.42. The molecule has 16 heavy (non-hydrogen) atoms. The van der Waals surface area contributed by atoms with Gasteiger partial charge in [0.05, 0.1) is 5.25 Å². The Balaban J connectivity index is 2.11. The van der Waals surface area contributed by atoms with E-state index in [9.17, 15) is 8.42 Å². The fraction of sp³-hybridized carbons (Fsp3) is 0.556. The highest BCUT2D eigenvalue weighted by Crippen LogP contribution is 2.25. The summed E-state index contributed by atoms with van der Waals surface area (Å²) in [5, 5.41) is 7.18. The zero-order valence-corrected chi connectivity index (χ0v) is 10.1. The van der Waals surface area contributed by atoms with E-state index in [-0.39, 0.29) is 16.2 Å². The number of rotatable bonds is 3. The van der Waals surface area contributed by atoms with Gasteiger partial charge >= 0.3 is 0 Å². The van der Waals surface area contributed by atoms with E-state index < -0.39 is 10.0 Å². The lowest BCUT2D eigenvalue weighted by Crippen LogP contribution is -2.25. The Morgan fingerprint density at radius 3 is 2.50 bits per heavy atom. The first-order chi connectivity index (χ1) is 7.58. The molecule has 1 aromatic rings. The van der Waals surface area contributed by atoms with E-state index in [1.54, 1.807) is 0 Å². The Morgan fingerprint density at radius 1 is 1.25 bits per heavy atom. The summed E-state index contributed by atoms with van der Waals surface area (Å²) in [6.07, 6.45) is 3.38. The third-order valence-corrected chi connectivity index (χ3v) is 4.66. The number of aromatic nitrogens is 2. The van der Waals surface area contributed by atoms with Gasteiger partial charge in [0.25, 0.3) is 0 Å². The highest BCUT2D eigenvalue weighted by Gasteiger charge is 2.28. The van der Waals surface area contributed by atoms with Gasteiger partial charge in [0, 0.05) is 0 Å². The van der Waals surface area contributed by atoms with E-state index >= 15 is 0 Å². The SMILES string of the molecule is O=S(=O)(Nc1ccc(Cl)nn1)C1CCCC1. The Kier molecular flexibility index (Phi) is 3.30. The van der Waals surface area contributed by atoms with Gasteiger partial charge in [-0.15, -0.1) is 10.2 Å². The normalized spacial score (nSPS) is 17.6. The van der Waals surface area contributed by atoms with Crippen molar-refractivity contribution >= 4 is 27.4 Å². The maximum atomic E-state index is 11.9. The molecule has 0 aliphatic heterocycles. The van der Waals surface area contributed by atoms with Crippen molar-refractivity contribution < 1.29 is 8.42 Å². The molecule has 88 valence electrons. The quantitative estimate of drug-likeness (QED) is 0.901. The van der Waals surface area contributed by atoms with Crippen LogP contribution in [0, 0.1) is 0 Å². The van der Waals surface area contributed by atoms with Gasteiger partial charge in [-0.2, -0.15) is 0 Å². The zero-order chi connectivity index (χ0) is 11.6. The van der Waals surface area contributed by atoms with Crippen molar-refractivity contribution in [2.75, 3.05) is 4.72 Å². The molecular weight excluding hydrogens is 250 g/mol. The molecule has 0 amide bonds. The monoisotopic (exact) mass is 261 g/mol. The van der Waals surface area contributed by atoms with Crippen molar-refractivity contribution in [3.8, 4) is 0 Å². The largest absolute Gasteiger partial charge is 0.266 e. The molecule has 0 spiro atoms. The topological polar surface area (TPSA) is 72.0 Å². The molecule has 1 heterocycles. The molecule has 7 heteroatoms. The summed E-state index contributed by atoms with van der Waals surface area (Å²) in [7, 11) is -3.32. The van der Waals surface area contributed by atoms with Crippen molar-refractivity contribution in [2.24, 2.45) is 0 Å². The minimum Gasteiger partial charge on any atom is -0.266 e. The average Bonchev–Trinajstić information content (AvgIpc) is 2.75. The Hall–Kier alpha value is -0.880. The van der Waals surface area contributed by atoms with Crippen LogP contribution < -0.4 is 4.72 Å². The molecule has 0 saturated heterocycles. The maximum absolute atomic E-state index is 11.9. The average molecular weight is 262 g/mol. The first kappa shape index (κ1) is 11.6. The number of sulfonamides is 1. The predicted octanol–water partition coefficient (Wildman–Crippen LogP) is 1.81. The molecule has 1 fully saturated rings. The standard InChI is InChI=1S/C9H12ClN3O2S/c10-8-5-6-9(12-11-8)13-16(14,15)7-3-1-2-4-7/h5-7H,1-4H2,(H,12,13). The summed E-state index contributed by atoms with van der Waals surface area (Å²) in [4.78, 5) is 0. The number of nitrogens with zero attached hydrogens (tertiary/aromatic N) is 2. The minimum atomic E-state index is -3.32. The van der Waals surface area contributed by atoms with Crippen LogP contribution >= 0.6 is 11.6 Å². The van der Waals surface area contributed by atoms with Crippen molar-refractivity contribution in [3.05, 3.63) is 17.3 Å². The smallest absolute Gasteiger partial charge is 0.236 e. The molecule has 0 radical (unpaired) electrons.